The molecule has 0 spiro atoms. The summed E-state index contributed by atoms with van der Waals surface area (Å²) < 4.78 is 1.14. The van der Waals surface area contributed by atoms with Crippen LogP contribution in [0.5, 0.6) is 0 Å². The van der Waals surface area contributed by atoms with Gasteiger partial charge in [-0.05, 0) is 33.1 Å². The van der Waals surface area contributed by atoms with Crippen LogP contribution in [0.2, 0.25) is 0 Å². The van der Waals surface area contributed by atoms with Crippen LogP contribution in [-0.2, 0) is 0 Å². The van der Waals surface area contributed by atoms with Gasteiger partial charge in [-0.3, -0.25) is 0 Å². The van der Waals surface area contributed by atoms with Gasteiger partial charge in [0.25, 0.3) is 0 Å². The molecule has 0 saturated carbocycles. The maximum absolute atomic E-state index is 3.77. The van der Waals surface area contributed by atoms with Gasteiger partial charge in [-0.25, -0.2) is 0 Å². The number of rotatable bonds is 4. The van der Waals surface area contributed by atoms with E-state index in [0.29, 0.717) is 0 Å². The number of benzene rings is 2. The normalized spacial score (nSPS) is 10.2. The summed E-state index contributed by atoms with van der Waals surface area (Å²) in [7, 11) is 0. The zero-order valence-electron chi connectivity index (χ0n) is 9.40. The van der Waals surface area contributed by atoms with Gasteiger partial charge in [0.2, 0.25) is 0 Å². The Labute approximate surface area is 115 Å². The molecule has 2 aromatic rings. The van der Waals surface area contributed by atoms with E-state index in [-0.39, 0.29) is 0 Å². The summed E-state index contributed by atoms with van der Waals surface area (Å²) in [4.78, 5) is 1.28. The monoisotopic (exact) mass is 304 g/mol. The van der Waals surface area contributed by atoms with Crippen molar-refractivity contribution in [2.75, 3.05) is 5.75 Å². The van der Waals surface area contributed by atoms with Crippen molar-refractivity contribution in [2.24, 2.45) is 0 Å². The Bertz CT molecular complexity index is 506. The summed E-state index contributed by atoms with van der Waals surface area (Å²) >= 11 is 5.42. The highest BCUT2D eigenvalue weighted by atomic mass is 79.9. The average molecular weight is 305 g/mol. The molecule has 0 nitrogen and oxygen atoms in total. The predicted octanol–water partition coefficient (Wildman–Crippen LogP) is 5.39. The fourth-order valence-corrected chi connectivity index (χ4v) is 3.18. The molecule has 0 N–H and O–H groups in total. The summed E-state index contributed by atoms with van der Waals surface area (Å²) in [5.41, 5.74) is 2.52. The number of thioether (sulfide) groups is 1. The van der Waals surface area contributed by atoms with Gasteiger partial charge < -0.3 is 0 Å². The molecule has 17 heavy (non-hydrogen) atoms. The van der Waals surface area contributed by atoms with Crippen molar-refractivity contribution in [1.29, 1.82) is 0 Å². The van der Waals surface area contributed by atoms with Crippen LogP contribution in [0.3, 0.4) is 0 Å². The zero-order valence-corrected chi connectivity index (χ0v) is 11.8. The van der Waals surface area contributed by atoms with Gasteiger partial charge in [-0.15, -0.1) is 18.3 Å². The van der Waals surface area contributed by atoms with E-state index in [0.717, 1.165) is 10.2 Å². The smallest absolute Gasteiger partial charge is 0.0317 e. The summed E-state index contributed by atoms with van der Waals surface area (Å²) in [6.45, 7) is 3.77. The molecule has 0 aliphatic heterocycles. The first-order valence-corrected chi connectivity index (χ1v) is 7.18. The third-order valence-electron chi connectivity index (χ3n) is 2.40. The molecule has 0 aliphatic rings. The van der Waals surface area contributed by atoms with Crippen molar-refractivity contribution < 1.29 is 0 Å². The third kappa shape index (κ3) is 3.02. The lowest BCUT2D eigenvalue weighted by Gasteiger charge is -2.10. The summed E-state index contributed by atoms with van der Waals surface area (Å²) in [5.74, 6) is 0.919. The quantitative estimate of drug-likeness (QED) is 0.539. The maximum Gasteiger partial charge on any atom is 0.0317 e. The largest absolute Gasteiger partial charge is 0.120 e. The fourth-order valence-electron chi connectivity index (χ4n) is 1.64. The first kappa shape index (κ1) is 12.5. The summed E-state index contributed by atoms with van der Waals surface area (Å²) in [6.07, 6.45) is 1.93. The molecular formula is C15H13BrS. The number of hydrogen-bond donors (Lipinski definition) is 0. The molecule has 2 rings (SSSR count). The molecule has 0 radical (unpaired) electrons. The Balaban J connectivity index is 2.46. The fraction of sp³-hybridized carbons (Fsp3) is 0.0667. The molecule has 0 aromatic heterocycles. The molecule has 2 aromatic carbocycles. The third-order valence-corrected chi connectivity index (χ3v) is 4.45. The van der Waals surface area contributed by atoms with Crippen LogP contribution in [0.1, 0.15) is 0 Å². The van der Waals surface area contributed by atoms with Gasteiger partial charge in [0.15, 0.2) is 0 Å². The molecule has 0 atom stereocenters. The van der Waals surface area contributed by atoms with Gasteiger partial charge in [-0.1, -0.05) is 48.5 Å². The molecule has 0 amide bonds. The van der Waals surface area contributed by atoms with Crippen LogP contribution < -0.4 is 0 Å². The predicted molar refractivity (Wildman–Crippen MR) is 80.5 cm³/mol. The molecule has 0 bridgehead atoms. The second-order valence-corrected chi connectivity index (χ2v) is 5.47. The Morgan fingerprint density at radius 2 is 1.82 bits per heavy atom. The topological polar surface area (TPSA) is 0 Å². The van der Waals surface area contributed by atoms with Crippen LogP contribution in [0, 0.1) is 0 Å². The molecule has 0 aliphatic carbocycles. The lowest BCUT2D eigenvalue weighted by atomic mass is 10.1. The van der Waals surface area contributed by atoms with E-state index in [2.05, 4.69) is 65.0 Å². The van der Waals surface area contributed by atoms with Crippen molar-refractivity contribution in [1.82, 2.24) is 0 Å². The highest BCUT2D eigenvalue weighted by Crippen LogP contribution is 2.36. The zero-order chi connectivity index (χ0) is 12.1. The minimum Gasteiger partial charge on any atom is -0.120 e. The lowest BCUT2D eigenvalue weighted by molar-refractivity contribution is 1.39. The molecular weight excluding hydrogens is 292 g/mol. The van der Waals surface area contributed by atoms with Crippen molar-refractivity contribution in [3.05, 3.63) is 65.7 Å². The van der Waals surface area contributed by atoms with Gasteiger partial charge in [-0.2, -0.15) is 0 Å². The van der Waals surface area contributed by atoms with E-state index in [1.54, 1.807) is 11.8 Å². The van der Waals surface area contributed by atoms with E-state index in [1.165, 1.54) is 16.0 Å². The lowest BCUT2D eigenvalue weighted by Crippen LogP contribution is -1.84. The maximum atomic E-state index is 3.77. The summed E-state index contributed by atoms with van der Waals surface area (Å²) in [5, 5.41) is 0. The molecule has 0 heterocycles. The Morgan fingerprint density at radius 3 is 2.53 bits per heavy atom. The minimum atomic E-state index is 0.919. The second kappa shape index (κ2) is 6.08. The van der Waals surface area contributed by atoms with Crippen LogP contribution in [0.15, 0.2) is 70.6 Å². The summed E-state index contributed by atoms with van der Waals surface area (Å²) in [6, 6.07) is 16.8. The van der Waals surface area contributed by atoms with Crippen LogP contribution in [0.4, 0.5) is 0 Å². The molecule has 0 saturated heterocycles. The number of halogens is 1. The van der Waals surface area contributed by atoms with Crippen molar-refractivity contribution >= 4 is 27.7 Å². The molecule has 86 valence electrons. The molecule has 0 unspecified atom stereocenters. The van der Waals surface area contributed by atoms with Gasteiger partial charge in [0, 0.05) is 15.1 Å². The highest BCUT2D eigenvalue weighted by Gasteiger charge is 2.08. The van der Waals surface area contributed by atoms with E-state index < -0.39 is 0 Å². The van der Waals surface area contributed by atoms with Gasteiger partial charge in [0.1, 0.15) is 0 Å². The second-order valence-electron chi connectivity index (χ2n) is 3.58. The molecule has 2 heteroatoms. The van der Waals surface area contributed by atoms with E-state index in [1.807, 2.05) is 12.1 Å². The Hall–Kier alpha value is -0.990. The first-order chi connectivity index (χ1) is 8.33. The Kier molecular flexibility index (Phi) is 4.46. The van der Waals surface area contributed by atoms with Crippen LogP contribution in [-0.4, -0.2) is 5.75 Å². The van der Waals surface area contributed by atoms with E-state index in [4.69, 9.17) is 0 Å². The first-order valence-electron chi connectivity index (χ1n) is 5.40. The van der Waals surface area contributed by atoms with Crippen LogP contribution >= 0.6 is 27.7 Å². The SMILES string of the molecule is C=CCSc1c(Br)cccc1-c1ccccc1. The van der Waals surface area contributed by atoms with Gasteiger partial charge in [0.05, 0.1) is 0 Å². The molecule has 0 fully saturated rings. The van der Waals surface area contributed by atoms with Crippen LogP contribution in [0.25, 0.3) is 11.1 Å². The number of hydrogen-bond acceptors (Lipinski definition) is 1. The van der Waals surface area contributed by atoms with Crippen molar-refractivity contribution in [3.63, 3.8) is 0 Å². The van der Waals surface area contributed by atoms with E-state index in [9.17, 15) is 0 Å². The average Bonchev–Trinajstić information content (AvgIpc) is 2.38. The van der Waals surface area contributed by atoms with Gasteiger partial charge >= 0.3 is 0 Å². The van der Waals surface area contributed by atoms with Crippen molar-refractivity contribution in [3.8, 4) is 11.1 Å². The minimum absolute atomic E-state index is 0.919. The highest BCUT2D eigenvalue weighted by molar-refractivity contribution is 9.10. The Morgan fingerprint density at radius 1 is 1.06 bits per heavy atom. The van der Waals surface area contributed by atoms with E-state index >= 15 is 0 Å². The van der Waals surface area contributed by atoms with Crippen molar-refractivity contribution in [2.45, 2.75) is 4.90 Å². The standard InChI is InChI=1S/C15H13BrS/c1-2-11-17-15-13(9-6-10-14(15)16)12-7-4-3-5-8-12/h2-10H,1,11H2.